The third kappa shape index (κ3) is 3.49. The van der Waals surface area contributed by atoms with Crippen LogP contribution in [-0.2, 0) is 17.7 Å². The molecule has 1 aromatic heterocycles. The molecule has 0 bridgehead atoms. The standard InChI is InChI=1S/C14H15ClN2O2S/c1-3-13-17-8-10(20-13)7-16-9-4-5-12(15)11(6-9)14(18)19-2/h4-6,8,16H,3,7H2,1-2H3. The molecular formula is C14H15ClN2O2S. The number of aromatic nitrogens is 1. The number of nitrogens with one attached hydrogen (secondary N) is 1. The minimum absolute atomic E-state index is 0.359. The Bertz CT molecular complexity index is 613. The molecule has 106 valence electrons. The Hall–Kier alpha value is -1.59. The first-order valence-corrected chi connectivity index (χ1v) is 7.38. The van der Waals surface area contributed by atoms with E-state index in [2.05, 4.69) is 17.2 Å². The number of ether oxygens (including phenoxy) is 1. The maximum Gasteiger partial charge on any atom is 0.339 e. The van der Waals surface area contributed by atoms with E-state index < -0.39 is 5.97 Å². The van der Waals surface area contributed by atoms with E-state index in [1.807, 2.05) is 12.3 Å². The van der Waals surface area contributed by atoms with E-state index >= 15 is 0 Å². The predicted molar refractivity (Wildman–Crippen MR) is 81.6 cm³/mol. The molecule has 2 aromatic rings. The van der Waals surface area contributed by atoms with Crippen LogP contribution in [-0.4, -0.2) is 18.1 Å². The van der Waals surface area contributed by atoms with Gasteiger partial charge in [-0.1, -0.05) is 18.5 Å². The van der Waals surface area contributed by atoms with Gasteiger partial charge in [-0.15, -0.1) is 11.3 Å². The van der Waals surface area contributed by atoms with Crippen molar-refractivity contribution in [1.29, 1.82) is 0 Å². The number of halogens is 1. The minimum atomic E-state index is -0.440. The number of carbonyl (C=O) groups excluding carboxylic acids is 1. The van der Waals surface area contributed by atoms with Gasteiger partial charge in [0, 0.05) is 16.8 Å². The second-order valence-electron chi connectivity index (χ2n) is 4.11. The van der Waals surface area contributed by atoms with Gasteiger partial charge in [0.05, 0.1) is 29.2 Å². The van der Waals surface area contributed by atoms with Gasteiger partial charge in [-0.25, -0.2) is 9.78 Å². The molecule has 20 heavy (non-hydrogen) atoms. The number of benzene rings is 1. The number of rotatable bonds is 5. The van der Waals surface area contributed by atoms with Gasteiger partial charge in [-0.3, -0.25) is 0 Å². The third-order valence-corrected chi connectivity index (χ3v) is 4.21. The fraction of sp³-hybridized carbons (Fsp3) is 0.286. The smallest absolute Gasteiger partial charge is 0.339 e. The number of carbonyl (C=O) groups is 1. The van der Waals surface area contributed by atoms with Crippen LogP contribution in [0.2, 0.25) is 5.02 Å². The van der Waals surface area contributed by atoms with Crippen molar-refractivity contribution in [3.63, 3.8) is 0 Å². The summed E-state index contributed by atoms with van der Waals surface area (Å²) in [6.45, 7) is 2.75. The van der Waals surface area contributed by atoms with Gasteiger partial charge >= 0.3 is 5.97 Å². The zero-order valence-corrected chi connectivity index (χ0v) is 12.8. The van der Waals surface area contributed by atoms with Crippen molar-refractivity contribution in [2.24, 2.45) is 0 Å². The summed E-state index contributed by atoms with van der Waals surface area (Å²) in [4.78, 5) is 17.0. The summed E-state index contributed by atoms with van der Waals surface area (Å²) in [7, 11) is 1.34. The van der Waals surface area contributed by atoms with Gasteiger partial charge in [0.1, 0.15) is 0 Å². The number of anilines is 1. The summed E-state index contributed by atoms with van der Waals surface area (Å²) in [6, 6.07) is 5.20. The Kier molecular flexibility index (Phi) is 4.98. The van der Waals surface area contributed by atoms with Crippen LogP contribution in [0.1, 0.15) is 27.2 Å². The lowest BCUT2D eigenvalue weighted by Crippen LogP contribution is -2.04. The Morgan fingerprint density at radius 2 is 2.30 bits per heavy atom. The maximum atomic E-state index is 11.6. The van der Waals surface area contributed by atoms with Crippen molar-refractivity contribution in [3.8, 4) is 0 Å². The number of hydrogen-bond acceptors (Lipinski definition) is 5. The van der Waals surface area contributed by atoms with E-state index in [0.29, 0.717) is 17.1 Å². The first-order chi connectivity index (χ1) is 9.63. The summed E-state index contributed by atoms with van der Waals surface area (Å²) < 4.78 is 4.69. The molecule has 1 N–H and O–H groups in total. The first-order valence-electron chi connectivity index (χ1n) is 6.19. The van der Waals surface area contributed by atoms with Gasteiger partial charge in [0.25, 0.3) is 0 Å². The van der Waals surface area contributed by atoms with E-state index in [0.717, 1.165) is 22.0 Å². The van der Waals surface area contributed by atoms with Crippen LogP contribution in [0.3, 0.4) is 0 Å². The minimum Gasteiger partial charge on any atom is -0.465 e. The Balaban J connectivity index is 2.08. The SMILES string of the molecule is CCc1ncc(CNc2ccc(Cl)c(C(=O)OC)c2)s1. The average molecular weight is 311 g/mol. The van der Waals surface area contributed by atoms with Crippen LogP contribution in [0, 0.1) is 0 Å². The van der Waals surface area contributed by atoms with Crippen molar-refractivity contribution in [3.05, 3.63) is 44.9 Å². The highest BCUT2D eigenvalue weighted by Crippen LogP contribution is 2.22. The molecule has 0 radical (unpaired) electrons. The highest BCUT2D eigenvalue weighted by molar-refractivity contribution is 7.11. The summed E-state index contributed by atoms with van der Waals surface area (Å²) in [6.07, 6.45) is 2.81. The topological polar surface area (TPSA) is 51.2 Å². The second kappa shape index (κ2) is 6.72. The second-order valence-corrected chi connectivity index (χ2v) is 5.72. The van der Waals surface area contributed by atoms with E-state index in [-0.39, 0.29) is 0 Å². The third-order valence-electron chi connectivity index (χ3n) is 2.74. The van der Waals surface area contributed by atoms with Gasteiger partial charge in [0.15, 0.2) is 0 Å². The fourth-order valence-electron chi connectivity index (χ4n) is 1.68. The Morgan fingerprint density at radius 1 is 1.50 bits per heavy atom. The lowest BCUT2D eigenvalue weighted by Gasteiger charge is -2.08. The van der Waals surface area contributed by atoms with Crippen molar-refractivity contribution < 1.29 is 9.53 Å². The van der Waals surface area contributed by atoms with Crippen molar-refractivity contribution in [2.45, 2.75) is 19.9 Å². The molecule has 4 nitrogen and oxygen atoms in total. The molecular weight excluding hydrogens is 296 g/mol. The van der Waals surface area contributed by atoms with Crippen molar-refractivity contribution >= 4 is 34.6 Å². The molecule has 1 aromatic carbocycles. The van der Waals surface area contributed by atoms with E-state index in [4.69, 9.17) is 16.3 Å². The molecule has 0 saturated carbocycles. The molecule has 0 fully saturated rings. The van der Waals surface area contributed by atoms with E-state index in [9.17, 15) is 4.79 Å². The van der Waals surface area contributed by atoms with Crippen LogP contribution < -0.4 is 5.32 Å². The molecule has 0 unspecified atom stereocenters. The summed E-state index contributed by atoms with van der Waals surface area (Å²) in [5.74, 6) is -0.440. The van der Waals surface area contributed by atoms with E-state index in [1.54, 1.807) is 23.5 Å². The molecule has 0 aliphatic carbocycles. The van der Waals surface area contributed by atoms with Gasteiger partial charge in [-0.05, 0) is 24.6 Å². The Morgan fingerprint density at radius 3 is 2.95 bits per heavy atom. The molecule has 0 saturated heterocycles. The number of aryl methyl sites for hydroxylation is 1. The maximum absolute atomic E-state index is 11.6. The normalized spacial score (nSPS) is 10.3. The van der Waals surface area contributed by atoms with Crippen LogP contribution in [0.15, 0.2) is 24.4 Å². The van der Waals surface area contributed by atoms with Crippen LogP contribution >= 0.6 is 22.9 Å². The molecule has 0 spiro atoms. The molecule has 0 aliphatic heterocycles. The van der Waals surface area contributed by atoms with Crippen molar-refractivity contribution in [2.75, 3.05) is 12.4 Å². The summed E-state index contributed by atoms with van der Waals surface area (Å²) in [5.41, 5.74) is 1.18. The molecule has 1 heterocycles. The summed E-state index contributed by atoms with van der Waals surface area (Å²) in [5, 5.41) is 4.75. The zero-order chi connectivity index (χ0) is 14.5. The molecule has 2 rings (SSSR count). The van der Waals surface area contributed by atoms with Crippen molar-refractivity contribution in [1.82, 2.24) is 4.98 Å². The molecule has 6 heteroatoms. The lowest BCUT2D eigenvalue weighted by molar-refractivity contribution is 0.0601. The molecule has 0 amide bonds. The number of thiazole rings is 1. The summed E-state index contributed by atoms with van der Waals surface area (Å²) >= 11 is 7.65. The van der Waals surface area contributed by atoms with Crippen LogP contribution in [0.4, 0.5) is 5.69 Å². The average Bonchev–Trinajstić information content (AvgIpc) is 2.93. The molecule has 0 atom stereocenters. The zero-order valence-electron chi connectivity index (χ0n) is 11.3. The quantitative estimate of drug-likeness (QED) is 0.854. The molecule has 0 aliphatic rings. The fourth-order valence-corrected chi connectivity index (χ4v) is 2.68. The highest BCUT2D eigenvalue weighted by Gasteiger charge is 2.11. The van der Waals surface area contributed by atoms with Crippen LogP contribution in [0.5, 0.6) is 0 Å². The van der Waals surface area contributed by atoms with Gasteiger partial charge in [0.2, 0.25) is 0 Å². The monoisotopic (exact) mass is 310 g/mol. The first kappa shape index (κ1) is 14.8. The van der Waals surface area contributed by atoms with Crippen LogP contribution in [0.25, 0.3) is 0 Å². The number of esters is 1. The number of methoxy groups -OCH3 is 1. The number of hydrogen-bond donors (Lipinski definition) is 1. The van der Waals surface area contributed by atoms with E-state index in [1.165, 1.54) is 7.11 Å². The lowest BCUT2D eigenvalue weighted by atomic mass is 10.2. The Labute approximate surface area is 126 Å². The van der Waals surface area contributed by atoms with Gasteiger partial charge < -0.3 is 10.1 Å². The predicted octanol–water partition coefficient (Wildman–Crippen LogP) is 3.76. The van der Waals surface area contributed by atoms with Gasteiger partial charge in [-0.2, -0.15) is 0 Å². The largest absolute Gasteiger partial charge is 0.465 e. The number of nitrogens with zero attached hydrogens (tertiary/aromatic N) is 1. The highest BCUT2D eigenvalue weighted by atomic mass is 35.5.